The van der Waals surface area contributed by atoms with Crippen molar-refractivity contribution < 1.29 is 17.9 Å². The van der Waals surface area contributed by atoms with Gasteiger partial charge >= 0.3 is 0 Å². The molecule has 30 heavy (non-hydrogen) atoms. The Kier molecular flexibility index (Phi) is 6.55. The molecule has 0 spiro atoms. The summed E-state index contributed by atoms with van der Waals surface area (Å²) in [4.78, 5) is 12.5. The molecule has 0 aliphatic heterocycles. The average molecular weight is 465 g/mol. The summed E-state index contributed by atoms with van der Waals surface area (Å²) < 4.78 is 33.4. The van der Waals surface area contributed by atoms with Gasteiger partial charge in [0, 0.05) is 16.3 Å². The van der Waals surface area contributed by atoms with Gasteiger partial charge in [-0.05, 0) is 61.0 Å². The largest absolute Gasteiger partial charge is 0.495 e. The molecule has 3 aromatic carbocycles. The highest BCUT2D eigenvalue weighted by atomic mass is 35.5. The van der Waals surface area contributed by atoms with Crippen molar-refractivity contribution in [3.05, 3.63) is 81.8 Å². The van der Waals surface area contributed by atoms with Crippen molar-refractivity contribution in [1.82, 2.24) is 0 Å². The molecule has 2 N–H and O–H groups in total. The third kappa shape index (κ3) is 5.05. The van der Waals surface area contributed by atoms with E-state index >= 15 is 0 Å². The van der Waals surface area contributed by atoms with Crippen LogP contribution in [0, 0.1) is 6.92 Å². The van der Waals surface area contributed by atoms with Crippen LogP contribution in [0.5, 0.6) is 5.75 Å². The maximum absolute atomic E-state index is 12.8. The quantitative estimate of drug-likeness (QED) is 0.513. The van der Waals surface area contributed by atoms with Crippen LogP contribution in [0.2, 0.25) is 10.0 Å². The fourth-order valence-corrected chi connectivity index (χ4v) is 4.49. The third-order valence-corrected chi connectivity index (χ3v) is 6.26. The van der Waals surface area contributed by atoms with Crippen LogP contribution in [0.15, 0.2) is 65.6 Å². The summed E-state index contributed by atoms with van der Waals surface area (Å²) in [6.07, 6.45) is 0. The van der Waals surface area contributed by atoms with Gasteiger partial charge in [-0.1, -0.05) is 35.3 Å². The first kappa shape index (κ1) is 22.0. The summed E-state index contributed by atoms with van der Waals surface area (Å²) in [6, 6.07) is 15.7. The van der Waals surface area contributed by atoms with Gasteiger partial charge in [-0.15, -0.1) is 0 Å². The van der Waals surface area contributed by atoms with Crippen LogP contribution in [0.4, 0.5) is 11.4 Å². The molecule has 0 saturated heterocycles. The van der Waals surface area contributed by atoms with E-state index in [0.29, 0.717) is 22.1 Å². The minimum Gasteiger partial charge on any atom is -0.495 e. The second kappa shape index (κ2) is 8.95. The van der Waals surface area contributed by atoms with Gasteiger partial charge in [-0.2, -0.15) is 0 Å². The first-order chi connectivity index (χ1) is 14.2. The fraction of sp³-hybridized carbons (Fsp3) is 0.0952. The third-order valence-electron chi connectivity index (χ3n) is 4.16. The standard InChI is InChI=1S/C21H18Cl2N2O4S/c1-13-4-3-5-16(10-13)25-30(27,28)20-11-14(6-8-17(20)23)21(26)24-18-12-15(22)7-9-19(18)29-2/h3-12,25H,1-2H3,(H,24,26). The average Bonchev–Trinajstić information content (AvgIpc) is 2.68. The Morgan fingerprint density at radius 3 is 2.47 bits per heavy atom. The molecule has 0 radical (unpaired) electrons. The molecule has 156 valence electrons. The van der Waals surface area contributed by atoms with E-state index in [-0.39, 0.29) is 15.5 Å². The summed E-state index contributed by atoms with van der Waals surface area (Å²) in [5.41, 5.74) is 1.74. The smallest absolute Gasteiger partial charge is 0.263 e. The molecule has 9 heteroatoms. The van der Waals surface area contributed by atoms with Gasteiger partial charge in [0.25, 0.3) is 15.9 Å². The zero-order valence-corrected chi connectivity index (χ0v) is 18.4. The molecule has 0 aromatic heterocycles. The van der Waals surface area contributed by atoms with Crippen molar-refractivity contribution in [3.8, 4) is 5.75 Å². The topological polar surface area (TPSA) is 84.5 Å². The highest BCUT2D eigenvalue weighted by molar-refractivity contribution is 7.92. The van der Waals surface area contributed by atoms with Crippen molar-refractivity contribution in [2.45, 2.75) is 11.8 Å². The van der Waals surface area contributed by atoms with E-state index in [9.17, 15) is 13.2 Å². The van der Waals surface area contributed by atoms with Crippen molar-refractivity contribution in [3.63, 3.8) is 0 Å². The van der Waals surface area contributed by atoms with Gasteiger partial charge in [0.05, 0.1) is 17.8 Å². The molecule has 1 amide bonds. The summed E-state index contributed by atoms with van der Waals surface area (Å²) >= 11 is 12.1. The van der Waals surface area contributed by atoms with Crippen molar-refractivity contribution in [2.24, 2.45) is 0 Å². The van der Waals surface area contributed by atoms with Crippen LogP contribution >= 0.6 is 23.2 Å². The van der Waals surface area contributed by atoms with Gasteiger partial charge in [-0.3, -0.25) is 9.52 Å². The summed E-state index contributed by atoms with van der Waals surface area (Å²) in [5, 5.41) is 3.07. The van der Waals surface area contributed by atoms with Crippen molar-refractivity contribution in [1.29, 1.82) is 0 Å². The van der Waals surface area contributed by atoms with Crippen molar-refractivity contribution in [2.75, 3.05) is 17.1 Å². The maximum atomic E-state index is 12.8. The predicted octanol–water partition coefficient (Wildman–Crippen LogP) is 5.36. The van der Waals surface area contributed by atoms with E-state index in [1.807, 2.05) is 13.0 Å². The molecule has 0 unspecified atom stereocenters. The van der Waals surface area contributed by atoms with E-state index in [4.69, 9.17) is 27.9 Å². The summed E-state index contributed by atoms with van der Waals surface area (Å²) in [7, 11) is -2.56. The number of carbonyl (C=O) groups is 1. The fourth-order valence-electron chi connectivity index (χ4n) is 2.74. The number of nitrogens with one attached hydrogen (secondary N) is 2. The minimum absolute atomic E-state index is 0.00737. The molecule has 0 aliphatic rings. The number of rotatable bonds is 6. The molecule has 0 saturated carbocycles. The van der Waals surface area contributed by atoms with E-state index in [0.717, 1.165) is 5.56 Å². The lowest BCUT2D eigenvalue weighted by Gasteiger charge is -2.13. The predicted molar refractivity (Wildman–Crippen MR) is 119 cm³/mol. The number of amides is 1. The molecule has 6 nitrogen and oxygen atoms in total. The lowest BCUT2D eigenvalue weighted by atomic mass is 10.2. The Morgan fingerprint density at radius 1 is 1.00 bits per heavy atom. The van der Waals surface area contributed by atoms with Crippen LogP contribution in [-0.4, -0.2) is 21.4 Å². The van der Waals surface area contributed by atoms with Gasteiger partial charge in [0.1, 0.15) is 10.6 Å². The number of halogens is 2. The number of benzene rings is 3. The van der Waals surface area contributed by atoms with Crippen LogP contribution in [0.1, 0.15) is 15.9 Å². The number of ether oxygens (including phenoxy) is 1. The van der Waals surface area contributed by atoms with Crippen LogP contribution < -0.4 is 14.8 Å². The number of hydrogen-bond acceptors (Lipinski definition) is 4. The monoisotopic (exact) mass is 464 g/mol. The molecule has 0 aliphatic carbocycles. The van der Waals surface area contributed by atoms with Gasteiger partial charge in [0.2, 0.25) is 0 Å². The number of hydrogen-bond donors (Lipinski definition) is 2. The van der Waals surface area contributed by atoms with E-state index in [1.165, 1.54) is 31.4 Å². The number of methoxy groups -OCH3 is 1. The Bertz CT molecular complexity index is 1210. The van der Waals surface area contributed by atoms with Crippen molar-refractivity contribution >= 4 is 50.5 Å². The van der Waals surface area contributed by atoms with Crippen LogP contribution in [-0.2, 0) is 10.0 Å². The number of carbonyl (C=O) groups excluding carboxylic acids is 1. The zero-order valence-electron chi connectivity index (χ0n) is 16.1. The molecule has 3 rings (SSSR count). The molecule has 0 atom stereocenters. The second-order valence-corrected chi connectivity index (χ2v) is 8.91. The molecule has 0 heterocycles. The SMILES string of the molecule is COc1ccc(Cl)cc1NC(=O)c1ccc(Cl)c(S(=O)(=O)Nc2cccc(C)c2)c1. The molecular weight excluding hydrogens is 447 g/mol. The van der Waals surface area contributed by atoms with E-state index < -0.39 is 15.9 Å². The van der Waals surface area contributed by atoms with Gasteiger partial charge in [0.15, 0.2) is 0 Å². The highest BCUT2D eigenvalue weighted by Gasteiger charge is 2.21. The highest BCUT2D eigenvalue weighted by Crippen LogP contribution is 2.29. The van der Waals surface area contributed by atoms with E-state index in [2.05, 4.69) is 10.0 Å². The lowest BCUT2D eigenvalue weighted by molar-refractivity contribution is 0.102. The molecule has 3 aromatic rings. The Balaban J connectivity index is 1.91. The Labute approximate surface area is 184 Å². The number of aryl methyl sites for hydroxylation is 1. The second-order valence-electron chi connectivity index (χ2n) is 6.42. The van der Waals surface area contributed by atoms with Gasteiger partial charge in [-0.25, -0.2) is 8.42 Å². The van der Waals surface area contributed by atoms with E-state index in [1.54, 1.807) is 30.3 Å². The molecule has 0 bridgehead atoms. The first-order valence-corrected chi connectivity index (χ1v) is 11.0. The zero-order chi connectivity index (χ0) is 21.9. The van der Waals surface area contributed by atoms with Crippen LogP contribution in [0.25, 0.3) is 0 Å². The Morgan fingerprint density at radius 2 is 1.77 bits per heavy atom. The number of sulfonamides is 1. The summed E-state index contributed by atoms with van der Waals surface area (Å²) in [5.74, 6) is -0.130. The molecule has 0 fully saturated rings. The van der Waals surface area contributed by atoms with Crippen LogP contribution in [0.3, 0.4) is 0 Å². The lowest BCUT2D eigenvalue weighted by Crippen LogP contribution is -2.16. The minimum atomic E-state index is -4.02. The first-order valence-electron chi connectivity index (χ1n) is 8.73. The number of anilines is 2. The maximum Gasteiger partial charge on any atom is 0.263 e. The summed E-state index contributed by atoms with van der Waals surface area (Å²) in [6.45, 7) is 1.85. The van der Waals surface area contributed by atoms with Gasteiger partial charge < -0.3 is 10.1 Å². The normalized spacial score (nSPS) is 11.1. The Hall–Kier alpha value is -2.74. The molecular formula is C21H18Cl2N2O4S.